The van der Waals surface area contributed by atoms with Crippen LogP contribution in [0, 0.1) is 49.0 Å². The molecule has 50 heavy (non-hydrogen) atoms. The van der Waals surface area contributed by atoms with Gasteiger partial charge in [0.15, 0.2) is 17.4 Å². The summed E-state index contributed by atoms with van der Waals surface area (Å²) in [7, 11) is 0. The SMILES string of the molecule is C=CCCc1ccc(-c2ccc(-c3cc(F)c(OC(F)(F)c4ccc5cc(C#Cc6c(C)cc(C)cc6F)ccc5c4)c(F)c3)c(F)c2)cc1. The number of fused-ring (bicyclic) bond motifs is 1. The quantitative estimate of drug-likeness (QED) is 0.0886. The Hall–Kier alpha value is -5.74. The molecule has 0 radical (unpaired) electrons. The fourth-order valence-corrected chi connectivity index (χ4v) is 5.77. The Bertz CT molecular complexity index is 2270. The number of allylic oxidation sites excluding steroid dienone is 1. The van der Waals surface area contributed by atoms with Crippen LogP contribution in [0.1, 0.15) is 39.8 Å². The lowest BCUT2D eigenvalue weighted by molar-refractivity contribution is -0.188. The fraction of sp³-hybridized carbons (Fsp3) is 0.116. The molecule has 0 saturated heterocycles. The van der Waals surface area contributed by atoms with E-state index in [1.807, 2.05) is 36.4 Å². The summed E-state index contributed by atoms with van der Waals surface area (Å²) in [5, 5.41) is 0.959. The van der Waals surface area contributed by atoms with Gasteiger partial charge in [-0.3, -0.25) is 0 Å². The van der Waals surface area contributed by atoms with Crippen LogP contribution in [0.2, 0.25) is 0 Å². The summed E-state index contributed by atoms with van der Waals surface area (Å²) >= 11 is 0. The standard InChI is InChI=1S/C43H30F6O/c1-4-5-6-28-7-11-30(12-8-28)33-15-18-37(39(45)23-33)34-24-40(46)42(41(47)25-34)50-43(48,49)35-16-14-31-21-29(9-13-32(31)22-35)10-17-36-27(3)19-26(2)20-38(36)44/h4,7-9,11-16,18-25H,1,5-6H2,2-3H3. The van der Waals surface area contributed by atoms with Gasteiger partial charge in [-0.25, -0.2) is 17.6 Å². The first-order valence-electron chi connectivity index (χ1n) is 15.8. The minimum Gasteiger partial charge on any atom is -0.423 e. The average Bonchev–Trinajstić information content (AvgIpc) is 3.08. The number of hydrogen-bond donors (Lipinski definition) is 0. The van der Waals surface area contributed by atoms with Crippen molar-refractivity contribution in [2.75, 3.05) is 0 Å². The zero-order chi connectivity index (χ0) is 35.6. The van der Waals surface area contributed by atoms with Crippen molar-refractivity contribution in [1.82, 2.24) is 0 Å². The number of benzene rings is 6. The summed E-state index contributed by atoms with van der Waals surface area (Å²) < 4.78 is 95.2. The van der Waals surface area contributed by atoms with Crippen molar-refractivity contribution in [3.63, 3.8) is 0 Å². The second kappa shape index (κ2) is 14.0. The molecule has 6 rings (SSSR count). The summed E-state index contributed by atoms with van der Waals surface area (Å²) in [6, 6.07) is 25.1. The second-order valence-corrected chi connectivity index (χ2v) is 12.1. The van der Waals surface area contributed by atoms with Gasteiger partial charge in [0.1, 0.15) is 11.6 Å². The highest BCUT2D eigenvalue weighted by atomic mass is 19.3. The number of ether oxygens (including phenoxy) is 1. The molecule has 0 aromatic heterocycles. The van der Waals surface area contributed by atoms with Gasteiger partial charge in [0.25, 0.3) is 0 Å². The lowest BCUT2D eigenvalue weighted by Crippen LogP contribution is -2.23. The van der Waals surface area contributed by atoms with E-state index in [0.717, 1.165) is 53.8 Å². The van der Waals surface area contributed by atoms with Gasteiger partial charge in [0.05, 0.1) is 11.1 Å². The van der Waals surface area contributed by atoms with Crippen LogP contribution in [0.15, 0.2) is 116 Å². The number of halogens is 6. The molecule has 250 valence electrons. The molecule has 0 unspecified atom stereocenters. The molecule has 0 atom stereocenters. The maximum absolute atomic E-state index is 15.3. The number of hydrogen-bond acceptors (Lipinski definition) is 1. The van der Waals surface area contributed by atoms with E-state index in [1.165, 1.54) is 24.3 Å². The van der Waals surface area contributed by atoms with Gasteiger partial charge in [-0.1, -0.05) is 72.5 Å². The normalized spacial score (nSPS) is 11.3. The smallest absolute Gasteiger partial charge is 0.423 e. The molecule has 7 heteroatoms. The van der Waals surface area contributed by atoms with E-state index in [2.05, 4.69) is 23.2 Å². The fourth-order valence-electron chi connectivity index (χ4n) is 5.77. The van der Waals surface area contributed by atoms with Crippen LogP contribution in [-0.4, -0.2) is 0 Å². The Morgan fingerprint density at radius 2 is 1.32 bits per heavy atom. The van der Waals surface area contributed by atoms with Gasteiger partial charge in [-0.05, 0) is 119 Å². The van der Waals surface area contributed by atoms with Crippen molar-refractivity contribution in [1.29, 1.82) is 0 Å². The molecular formula is C43H30F6O. The molecule has 6 aromatic carbocycles. The molecule has 1 nitrogen and oxygen atoms in total. The predicted molar refractivity (Wildman–Crippen MR) is 186 cm³/mol. The number of alkyl halides is 2. The van der Waals surface area contributed by atoms with E-state index in [4.69, 9.17) is 0 Å². The van der Waals surface area contributed by atoms with Crippen molar-refractivity contribution in [2.45, 2.75) is 32.8 Å². The highest BCUT2D eigenvalue weighted by Crippen LogP contribution is 2.38. The van der Waals surface area contributed by atoms with Crippen LogP contribution in [0.25, 0.3) is 33.0 Å². The van der Waals surface area contributed by atoms with E-state index >= 15 is 22.0 Å². The lowest BCUT2D eigenvalue weighted by Gasteiger charge is -2.20. The Morgan fingerprint density at radius 3 is 2.00 bits per heavy atom. The molecule has 0 spiro atoms. The van der Waals surface area contributed by atoms with Crippen LogP contribution in [-0.2, 0) is 12.5 Å². The lowest BCUT2D eigenvalue weighted by atomic mass is 9.98. The zero-order valence-electron chi connectivity index (χ0n) is 27.2. The number of rotatable bonds is 8. The van der Waals surface area contributed by atoms with E-state index in [0.29, 0.717) is 27.5 Å². The molecule has 0 amide bonds. The highest BCUT2D eigenvalue weighted by Gasteiger charge is 2.37. The highest BCUT2D eigenvalue weighted by molar-refractivity contribution is 5.85. The van der Waals surface area contributed by atoms with Crippen LogP contribution in [0.3, 0.4) is 0 Å². The minimum atomic E-state index is -4.12. The van der Waals surface area contributed by atoms with Gasteiger partial charge in [0, 0.05) is 11.1 Å². The largest absolute Gasteiger partial charge is 0.426 e. The number of aryl methyl sites for hydroxylation is 3. The van der Waals surface area contributed by atoms with Gasteiger partial charge < -0.3 is 4.74 Å². The maximum atomic E-state index is 15.3. The first kappa shape index (κ1) is 34.1. The van der Waals surface area contributed by atoms with E-state index in [-0.39, 0.29) is 16.7 Å². The molecule has 0 heterocycles. The molecule has 0 fully saturated rings. The molecule has 0 aliphatic carbocycles. The summed E-state index contributed by atoms with van der Waals surface area (Å²) in [6.07, 6.45) is -0.626. The first-order valence-corrected chi connectivity index (χ1v) is 15.8. The Morgan fingerprint density at radius 1 is 0.660 bits per heavy atom. The summed E-state index contributed by atoms with van der Waals surface area (Å²) in [6.45, 7) is 7.27. The molecule has 0 aliphatic rings. The van der Waals surface area contributed by atoms with Crippen molar-refractivity contribution in [3.8, 4) is 39.8 Å². The monoisotopic (exact) mass is 676 g/mol. The predicted octanol–water partition coefficient (Wildman–Crippen LogP) is 12.0. The molecule has 0 N–H and O–H groups in total. The molecule has 0 bridgehead atoms. The second-order valence-electron chi connectivity index (χ2n) is 12.1. The minimum absolute atomic E-state index is 0.106. The van der Waals surface area contributed by atoms with Crippen molar-refractivity contribution < 1.29 is 31.1 Å². The zero-order valence-corrected chi connectivity index (χ0v) is 27.2. The Labute approximate surface area is 286 Å². The maximum Gasteiger partial charge on any atom is 0.426 e. The average molecular weight is 677 g/mol. The Balaban J connectivity index is 1.20. The van der Waals surface area contributed by atoms with Crippen LogP contribution in [0.5, 0.6) is 5.75 Å². The Kier molecular flexibility index (Phi) is 9.56. The van der Waals surface area contributed by atoms with Gasteiger partial charge in [-0.15, -0.1) is 6.58 Å². The van der Waals surface area contributed by atoms with E-state index in [1.54, 1.807) is 38.1 Å². The molecule has 0 saturated carbocycles. The molecule has 0 aliphatic heterocycles. The van der Waals surface area contributed by atoms with Crippen LogP contribution < -0.4 is 4.74 Å². The summed E-state index contributed by atoms with van der Waals surface area (Å²) in [5.74, 6) is 0.458. The summed E-state index contributed by atoms with van der Waals surface area (Å²) in [4.78, 5) is 0. The summed E-state index contributed by atoms with van der Waals surface area (Å²) in [5.41, 5.74) is 3.80. The van der Waals surface area contributed by atoms with Crippen LogP contribution >= 0.6 is 0 Å². The first-order chi connectivity index (χ1) is 23.9. The van der Waals surface area contributed by atoms with Crippen molar-refractivity contribution in [3.05, 3.63) is 172 Å². The van der Waals surface area contributed by atoms with E-state index < -0.39 is 40.7 Å². The molecular weight excluding hydrogens is 646 g/mol. The molecule has 6 aromatic rings. The third-order valence-corrected chi connectivity index (χ3v) is 8.37. The third-order valence-electron chi connectivity index (χ3n) is 8.37. The van der Waals surface area contributed by atoms with Crippen molar-refractivity contribution in [2.24, 2.45) is 0 Å². The third kappa shape index (κ3) is 7.30. The van der Waals surface area contributed by atoms with Gasteiger partial charge in [-0.2, -0.15) is 8.78 Å². The van der Waals surface area contributed by atoms with Crippen LogP contribution in [0.4, 0.5) is 26.3 Å². The topological polar surface area (TPSA) is 9.23 Å². The van der Waals surface area contributed by atoms with Crippen molar-refractivity contribution >= 4 is 10.8 Å². The van der Waals surface area contributed by atoms with E-state index in [9.17, 15) is 4.39 Å². The van der Waals surface area contributed by atoms with Gasteiger partial charge >= 0.3 is 6.11 Å². The van der Waals surface area contributed by atoms with Gasteiger partial charge in [0.2, 0.25) is 0 Å².